The van der Waals surface area contributed by atoms with E-state index in [2.05, 4.69) is 26.5 Å². The quantitative estimate of drug-likeness (QED) is 0.380. The SMILES string of the molecule is CC(C)CS.[NaH]. The fourth-order valence-corrected chi connectivity index (χ4v) is 0. The first-order valence-corrected chi connectivity index (χ1v) is 2.51. The first-order chi connectivity index (χ1) is 2.27. The van der Waals surface area contributed by atoms with Crippen molar-refractivity contribution in [3.8, 4) is 0 Å². The second-order valence-corrected chi connectivity index (χ2v) is 1.94. The third kappa shape index (κ3) is 9.02. The number of thiol groups is 1. The molecule has 0 aromatic carbocycles. The van der Waals surface area contributed by atoms with Crippen LogP contribution in [0.4, 0.5) is 0 Å². The predicted molar refractivity (Wildman–Crippen MR) is 35.8 cm³/mol. The van der Waals surface area contributed by atoms with Crippen LogP contribution in [0.3, 0.4) is 0 Å². The van der Waals surface area contributed by atoms with E-state index in [9.17, 15) is 0 Å². The second kappa shape index (κ2) is 6.35. The number of hydrogen-bond donors (Lipinski definition) is 1. The predicted octanol–water partition coefficient (Wildman–Crippen LogP) is 0.924. The summed E-state index contributed by atoms with van der Waals surface area (Å²) in [5, 5.41) is 0. The van der Waals surface area contributed by atoms with Crippen molar-refractivity contribution in [1.29, 1.82) is 0 Å². The van der Waals surface area contributed by atoms with Gasteiger partial charge in [-0.25, -0.2) is 0 Å². The second-order valence-electron chi connectivity index (χ2n) is 1.58. The summed E-state index contributed by atoms with van der Waals surface area (Å²) >= 11 is 4.02. The maximum atomic E-state index is 4.02. The summed E-state index contributed by atoms with van der Waals surface area (Å²) in [7, 11) is 0. The maximum absolute atomic E-state index is 4.02. The molecule has 2 heteroatoms. The molecule has 0 spiro atoms. The minimum atomic E-state index is 0. The number of rotatable bonds is 1. The molecule has 0 saturated carbocycles. The fraction of sp³-hybridized carbons (Fsp3) is 1.00. The van der Waals surface area contributed by atoms with Crippen LogP contribution in [0.2, 0.25) is 0 Å². The molecule has 34 valence electrons. The van der Waals surface area contributed by atoms with Crippen molar-refractivity contribution in [2.45, 2.75) is 13.8 Å². The van der Waals surface area contributed by atoms with Gasteiger partial charge in [0.25, 0.3) is 0 Å². The van der Waals surface area contributed by atoms with Crippen LogP contribution in [0.15, 0.2) is 0 Å². The average Bonchev–Trinajstić information content (AvgIpc) is 1.38. The molecule has 0 heterocycles. The van der Waals surface area contributed by atoms with Crippen molar-refractivity contribution < 1.29 is 0 Å². The van der Waals surface area contributed by atoms with Gasteiger partial charge in [0.15, 0.2) is 0 Å². The molecule has 0 rings (SSSR count). The Bertz CT molecular complexity index is 21.5. The summed E-state index contributed by atoms with van der Waals surface area (Å²) in [6.45, 7) is 4.29. The van der Waals surface area contributed by atoms with Crippen LogP contribution in [-0.2, 0) is 0 Å². The van der Waals surface area contributed by atoms with Gasteiger partial charge in [-0.1, -0.05) is 13.8 Å². The van der Waals surface area contributed by atoms with E-state index >= 15 is 0 Å². The Balaban J connectivity index is 0. The molecular weight excluding hydrogens is 103 g/mol. The molecule has 0 aliphatic rings. The normalized spacial score (nSPS) is 8.00. The van der Waals surface area contributed by atoms with Gasteiger partial charge in [0.2, 0.25) is 0 Å². The van der Waals surface area contributed by atoms with Crippen LogP contribution in [0.1, 0.15) is 13.8 Å². The van der Waals surface area contributed by atoms with Gasteiger partial charge in [-0.05, 0) is 11.7 Å². The first-order valence-electron chi connectivity index (χ1n) is 1.88. The van der Waals surface area contributed by atoms with Gasteiger partial charge < -0.3 is 0 Å². The molecule has 0 radical (unpaired) electrons. The van der Waals surface area contributed by atoms with Crippen molar-refractivity contribution in [2.75, 3.05) is 5.75 Å². The molecule has 0 aliphatic heterocycles. The van der Waals surface area contributed by atoms with E-state index < -0.39 is 0 Å². The van der Waals surface area contributed by atoms with Crippen molar-refractivity contribution in [1.82, 2.24) is 0 Å². The van der Waals surface area contributed by atoms with Crippen LogP contribution < -0.4 is 0 Å². The summed E-state index contributed by atoms with van der Waals surface area (Å²) in [6.07, 6.45) is 0. The molecule has 6 heavy (non-hydrogen) atoms. The molecule has 0 aromatic heterocycles. The molecule has 0 atom stereocenters. The summed E-state index contributed by atoms with van der Waals surface area (Å²) in [6, 6.07) is 0. The molecule has 0 N–H and O–H groups in total. The zero-order chi connectivity index (χ0) is 4.28. The van der Waals surface area contributed by atoms with E-state index in [0.29, 0.717) is 0 Å². The van der Waals surface area contributed by atoms with Crippen molar-refractivity contribution in [3.05, 3.63) is 0 Å². The zero-order valence-corrected chi connectivity index (χ0v) is 4.63. The molecular formula is C4H11NaS. The van der Waals surface area contributed by atoms with E-state index in [4.69, 9.17) is 0 Å². The number of hydrogen-bond acceptors (Lipinski definition) is 1. The molecule has 0 nitrogen and oxygen atoms in total. The Morgan fingerprint density at radius 1 is 1.50 bits per heavy atom. The molecule has 0 aromatic rings. The van der Waals surface area contributed by atoms with E-state index in [1.165, 1.54) is 0 Å². The molecule has 0 fully saturated rings. The Kier molecular flexibility index (Phi) is 11.0. The van der Waals surface area contributed by atoms with Crippen molar-refractivity contribution in [3.63, 3.8) is 0 Å². The standard InChI is InChI=1S/C4H10S.Na.H/c1-4(2)3-5;;/h4-5H,3H2,1-2H3;;. The van der Waals surface area contributed by atoms with E-state index in [-0.39, 0.29) is 29.6 Å². The van der Waals surface area contributed by atoms with Crippen molar-refractivity contribution in [2.24, 2.45) is 5.92 Å². The van der Waals surface area contributed by atoms with Gasteiger partial charge >= 0.3 is 29.6 Å². The Hall–Kier alpha value is 1.35. The third-order valence-corrected chi connectivity index (χ3v) is 1.10. The van der Waals surface area contributed by atoms with Gasteiger partial charge in [-0.2, -0.15) is 12.6 Å². The Morgan fingerprint density at radius 2 is 1.67 bits per heavy atom. The zero-order valence-electron chi connectivity index (χ0n) is 3.73. The summed E-state index contributed by atoms with van der Waals surface area (Å²) in [5.41, 5.74) is 0. The van der Waals surface area contributed by atoms with Gasteiger partial charge in [0.1, 0.15) is 0 Å². The van der Waals surface area contributed by atoms with Gasteiger partial charge in [-0.15, -0.1) is 0 Å². The Morgan fingerprint density at radius 3 is 1.67 bits per heavy atom. The molecule has 0 saturated heterocycles. The van der Waals surface area contributed by atoms with Crippen LogP contribution >= 0.6 is 12.6 Å². The van der Waals surface area contributed by atoms with E-state index in [1.54, 1.807) is 0 Å². The van der Waals surface area contributed by atoms with Gasteiger partial charge in [0, 0.05) is 0 Å². The van der Waals surface area contributed by atoms with E-state index in [0.717, 1.165) is 11.7 Å². The topological polar surface area (TPSA) is 0 Å². The molecule has 0 aliphatic carbocycles. The summed E-state index contributed by atoms with van der Waals surface area (Å²) < 4.78 is 0. The molecule has 0 amide bonds. The van der Waals surface area contributed by atoms with E-state index in [1.807, 2.05) is 0 Å². The first kappa shape index (κ1) is 10.4. The van der Waals surface area contributed by atoms with Crippen LogP contribution in [0.5, 0.6) is 0 Å². The van der Waals surface area contributed by atoms with Crippen molar-refractivity contribution >= 4 is 42.2 Å². The minimum absolute atomic E-state index is 0. The van der Waals surface area contributed by atoms with Crippen LogP contribution in [-0.4, -0.2) is 35.3 Å². The molecule has 0 bridgehead atoms. The van der Waals surface area contributed by atoms with Crippen LogP contribution in [0.25, 0.3) is 0 Å². The Labute approximate surface area is 67.4 Å². The van der Waals surface area contributed by atoms with Crippen LogP contribution in [0, 0.1) is 5.92 Å². The fourth-order valence-electron chi connectivity index (χ4n) is 0. The summed E-state index contributed by atoms with van der Waals surface area (Å²) in [4.78, 5) is 0. The monoisotopic (exact) mass is 114 g/mol. The molecule has 0 unspecified atom stereocenters. The summed E-state index contributed by atoms with van der Waals surface area (Å²) in [5.74, 6) is 1.75. The van der Waals surface area contributed by atoms with Gasteiger partial charge in [0.05, 0.1) is 0 Å². The average molecular weight is 114 g/mol. The third-order valence-electron chi connectivity index (χ3n) is 0.365. The van der Waals surface area contributed by atoms with Gasteiger partial charge in [-0.3, -0.25) is 0 Å².